The molecule has 1 aromatic heterocycles. The molecular formula is C13H19N3O. The standard InChI is InChI=1S/C13H19N3O/c1-13(2)9-15-8-5-11(13)16-12(17)10-3-6-14-7-4-10/h3-4,6-7,11,15H,5,8-9H2,1-2H3,(H,16,17). The second kappa shape index (κ2) is 4.84. The molecule has 0 saturated carbocycles. The smallest absolute Gasteiger partial charge is 0.251 e. The van der Waals surface area contributed by atoms with Gasteiger partial charge in [-0.3, -0.25) is 9.78 Å². The molecule has 1 unspecified atom stereocenters. The fourth-order valence-corrected chi connectivity index (χ4v) is 2.18. The van der Waals surface area contributed by atoms with Crippen LogP contribution in [-0.4, -0.2) is 30.0 Å². The minimum Gasteiger partial charge on any atom is -0.349 e. The van der Waals surface area contributed by atoms with Crippen LogP contribution < -0.4 is 10.6 Å². The Morgan fingerprint density at radius 2 is 2.18 bits per heavy atom. The molecule has 2 N–H and O–H groups in total. The van der Waals surface area contributed by atoms with Gasteiger partial charge in [0.05, 0.1) is 0 Å². The van der Waals surface area contributed by atoms with Gasteiger partial charge >= 0.3 is 0 Å². The van der Waals surface area contributed by atoms with Crippen LogP contribution >= 0.6 is 0 Å². The quantitative estimate of drug-likeness (QED) is 0.807. The number of nitrogens with one attached hydrogen (secondary N) is 2. The lowest BCUT2D eigenvalue weighted by Gasteiger charge is -2.39. The molecule has 0 radical (unpaired) electrons. The average Bonchev–Trinajstić information content (AvgIpc) is 2.33. The van der Waals surface area contributed by atoms with Crippen molar-refractivity contribution in [3.8, 4) is 0 Å². The topological polar surface area (TPSA) is 54.0 Å². The van der Waals surface area contributed by atoms with Crippen LogP contribution in [0.25, 0.3) is 0 Å². The molecule has 4 nitrogen and oxygen atoms in total. The van der Waals surface area contributed by atoms with Crippen LogP contribution in [-0.2, 0) is 0 Å². The SMILES string of the molecule is CC1(C)CNCCC1NC(=O)c1ccncc1. The molecule has 0 aromatic carbocycles. The van der Waals surface area contributed by atoms with Crippen molar-refractivity contribution in [3.05, 3.63) is 30.1 Å². The lowest BCUT2D eigenvalue weighted by molar-refractivity contribution is 0.0868. The van der Waals surface area contributed by atoms with Crippen molar-refractivity contribution in [2.45, 2.75) is 26.3 Å². The van der Waals surface area contributed by atoms with Gasteiger partial charge < -0.3 is 10.6 Å². The molecule has 0 spiro atoms. The number of piperidine rings is 1. The van der Waals surface area contributed by atoms with Gasteiger partial charge in [-0.15, -0.1) is 0 Å². The van der Waals surface area contributed by atoms with E-state index in [-0.39, 0.29) is 17.4 Å². The maximum Gasteiger partial charge on any atom is 0.251 e. The van der Waals surface area contributed by atoms with E-state index < -0.39 is 0 Å². The summed E-state index contributed by atoms with van der Waals surface area (Å²) < 4.78 is 0. The number of nitrogens with zero attached hydrogens (tertiary/aromatic N) is 1. The van der Waals surface area contributed by atoms with E-state index in [2.05, 4.69) is 29.5 Å². The highest BCUT2D eigenvalue weighted by molar-refractivity contribution is 5.94. The molecule has 17 heavy (non-hydrogen) atoms. The maximum absolute atomic E-state index is 12.0. The minimum absolute atomic E-state index is 0.00706. The molecular weight excluding hydrogens is 214 g/mol. The summed E-state index contributed by atoms with van der Waals surface area (Å²) in [6.45, 7) is 6.26. The van der Waals surface area contributed by atoms with Crippen LogP contribution in [0.4, 0.5) is 0 Å². The third kappa shape index (κ3) is 2.82. The van der Waals surface area contributed by atoms with E-state index in [9.17, 15) is 4.79 Å². The summed E-state index contributed by atoms with van der Waals surface area (Å²) in [6.07, 6.45) is 4.26. The normalized spacial score (nSPS) is 23.1. The van der Waals surface area contributed by atoms with Gasteiger partial charge in [-0.2, -0.15) is 0 Å². The molecule has 1 saturated heterocycles. The first kappa shape index (κ1) is 12.0. The van der Waals surface area contributed by atoms with Gasteiger partial charge in [-0.25, -0.2) is 0 Å². The maximum atomic E-state index is 12.0. The molecule has 1 aliphatic rings. The van der Waals surface area contributed by atoms with E-state index in [1.54, 1.807) is 24.5 Å². The number of amides is 1. The number of hydrogen-bond acceptors (Lipinski definition) is 3. The number of carbonyl (C=O) groups excluding carboxylic acids is 1. The molecule has 1 amide bonds. The van der Waals surface area contributed by atoms with Gasteiger partial charge in [0.25, 0.3) is 5.91 Å². The van der Waals surface area contributed by atoms with Crippen LogP contribution in [0.1, 0.15) is 30.6 Å². The summed E-state index contributed by atoms with van der Waals surface area (Å²) in [5.74, 6) is -0.00706. The highest BCUT2D eigenvalue weighted by Gasteiger charge is 2.33. The van der Waals surface area contributed by atoms with Crippen LogP contribution in [0.5, 0.6) is 0 Å². The van der Waals surface area contributed by atoms with Crippen molar-refractivity contribution in [2.24, 2.45) is 5.41 Å². The van der Waals surface area contributed by atoms with E-state index in [1.165, 1.54) is 0 Å². The van der Waals surface area contributed by atoms with E-state index in [4.69, 9.17) is 0 Å². The van der Waals surface area contributed by atoms with Crippen molar-refractivity contribution in [1.82, 2.24) is 15.6 Å². The van der Waals surface area contributed by atoms with Gasteiger partial charge in [-0.1, -0.05) is 13.8 Å². The van der Waals surface area contributed by atoms with Crippen LogP contribution in [0, 0.1) is 5.41 Å². The van der Waals surface area contributed by atoms with Crippen molar-refractivity contribution < 1.29 is 4.79 Å². The first-order chi connectivity index (χ1) is 8.09. The molecule has 1 aromatic rings. The number of hydrogen-bond donors (Lipinski definition) is 2. The Morgan fingerprint density at radius 3 is 2.82 bits per heavy atom. The van der Waals surface area contributed by atoms with Gasteiger partial charge in [0, 0.05) is 30.5 Å². The summed E-state index contributed by atoms with van der Waals surface area (Å²) in [5.41, 5.74) is 0.773. The van der Waals surface area contributed by atoms with E-state index >= 15 is 0 Å². The Labute approximate surface area is 102 Å². The van der Waals surface area contributed by atoms with Crippen LogP contribution in [0.2, 0.25) is 0 Å². The molecule has 1 aliphatic heterocycles. The highest BCUT2D eigenvalue weighted by Crippen LogP contribution is 2.25. The summed E-state index contributed by atoms with van der Waals surface area (Å²) in [7, 11) is 0. The first-order valence-corrected chi connectivity index (χ1v) is 6.01. The Hall–Kier alpha value is -1.42. The third-order valence-corrected chi connectivity index (χ3v) is 3.38. The Bertz CT molecular complexity index is 389. The van der Waals surface area contributed by atoms with Gasteiger partial charge in [-0.05, 0) is 30.5 Å². The zero-order chi connectivity index (χ0) is 12.3. The predicted molar refractivity (Wildman–Crippen MR) is 66.8 cm³/mol. The van der Waals surface area contributed by atoms with E-state index in [0.717, 1.165) is 19.5 Å². The Balaban J connectivity index is 2.03. The number of rotatable bonds is 2. The van der Waals surface area contributed by atoms with Crippen molar-refractivity contribution in [2.75, 3.05) is 13.1 Å². The van der Waals surface area contributed by atoms with Crippen molar-refractivity contribution in [1.29, 1.82) is 0 Å². The second-order valence-electron chi connectivity index (χ2n) is 5.22. The van der Waals surface area contributed by atoms with E-state index in [0.29, 0.717) is 5.56 Å². The highest BCUT2D eigenvalue weighted by atomic mass is 16.1. The number of carbonyl (C=O) groups is 1. The molecule has 2 heterocycles. The number of pyridine rings is 1. The Morgan fingerprint density at radius 1 is 1.47 bits per heavy atom. The van der Waals surface area contributed by atoms with Gasteiger partial charge in [0.15, 0.2) is 0 Å². The summed E-state index contributed by atoms with van der Waals surface area (Å²) in [6, 6.07) is 3.71. The third-order valence-electron chi connectivity index (χ3n) is 3.38. The molecule has 1 atom stereocenters. The fourth-order valence-electron chi connectivity index (χ4n) is 2.18. The molecule has 4 heteroatoms. The summed E-state index contributed by atoms with van der Waals surface area (Å²) in [4.78, 5) is 16.0. The molecule has 2 rings (SSSR count). The second-order valence-corrected chi connectivity index (χ2v) is 5.22. The molecule has 1 fully saturated rings. The van der Waals surface area contributed by atoms with Gasteiger partial charge in [0.1, 0.15) is 0 Å². The average molecular weight is 233 g/mol. The Kier molecular flexibility index (Phi) is 3.43. The monoisotopic (exact) mass is 233 g/mol. The number of aromatic nitrogens is 1. The van der Waals surface area contributed by atoms with Crippen molar-refractivity contribution in [3.63, 3.8) is 0 Å². The summed E-state index contributed by atoms with van der Waals surface area (Å²) in [5, 5.41) is 6.48. The zero-order valence-electron chi connectivity index (χ0n) is 10.4. The summed E-state index contributed by atoms with van der Waals surface area (Å²) >= 11 is 0. The lowest BCUT2D eigenvalue weighted by atomic mass is 9.80. The lowest BCUT2D eigenvalue weighted by Crippen LogP contribution is -2.54. The van der Waals surface area contributed by atoms with Crippen LogP contribution in [0.3, 0.4) is 0 Å². The predicted octanol–water partition coefficient (Wildman–Crippen LogP) is 1.20. The van der Waals surface area contributed by atoms with E-state index in [1.807, 2.05) is 0 Å². The largest absolute Gasteiger partial charge is 0.349 e. The fraction of sp³-hybridized carbons (Fsp3) is 0.538. The molecule has 0 aliphatic carbocycles. The van der Waals surface area contributed by atoms with Crippen molar-refractivity contribution >= 4 is 5.91 Å². The molecule has 0 bridgehead atoms. The van der Waals surface area contributed by atoms with Crippen LogP contribution in [0.15, 0.2) is 24.5 Å². The molecule has 92 valence electrons. The zero-order valence-corrected chi connectivity index (χ0v) is 10.4. The minimum atomic E-state index is -0.00706. The first-order valence-electron chi connectivity index (χ1n) is 6.01. The van der Waals surface area contributed by atoms with Gasteiger partial charge in [0.2, 0.25) is 0 Å².